The van der Waals surface area contributed by atoms with Crippen LogP contribution in [-0.4, -0.2) is 55.6 Å². The van der Waals surface area contributed by atoms with Gasteiger partial charge in [0.25, 0.3) is 5.91 Å². The van der Waals surface area contributed by atoms with Gasteiger partial charge in [-0.25, -0.2) is 9.59 Å². The molecule has 1 aromatic carbocycles. The first kappa shape index (κ1) is 15.5. The third-order valence-electron chi connectivity index (χ3n) is 4.47. The van der Waals surface area contributed by atoms with Gasteiger partial charge in [0.05, 0.1) is 7.11 Å². The third-order valence-corrected chi connectivity index (χ3v) is 4.47. The predicted octanol–water partition coefficient (Wildman–Crippen LogP) is -1.28. The Hall–Kier alpha value is -2.41. The van der Waals surface area contributed by atoms with Crippen LogP contribution < -0.4 is 10.2 Å². The molecule has 7 heteroatoms. The molecule has 0 bridgehead atoms. The fourth-order valence-electron chi connectivity index (χ4n) is 3.24. The maximum atomic E-state index is 12.4. The van der Waals surface area contributed by atoms with Crippen LogP contribution >= 0.6 is 0 Å². The number of rotatable bonds is 3. The number of quaternary nitrogens is 1. The topological polar surface area (TPSA) is 80.2 Å². The van der Waals surface area contributed by atoms with Crippen LogP contribution in [0.4, 0.5) is 4.79 Å². The number of methoxy groups -OCH3 is 1. The molecular weight excluding hydrogens is 298 g/mol. The van der Waals surface area contributed by atoms with Crippen molar-refractivity contribution in [3.8, 4) is 0 Å². The van der Waals surface area contributed by atoms with E-state index in [1.54, 1.807) is 0 Å². The number of urea groups is 1. The Morgan fingerprint density at radius 1 is 1.35 bits per heavy atom. The minimum atomic E-state index is -0.426. The van der Waals surface area contributed by atoms with E-state index >= 15 is 0 Å². The zero-order valence-corrected chi connectivity index (χ0v) is 13.0. The average molecular weight is 318 g/mol. The third kappa shape index (κ3) is 3.05. The average Bonchev–Trinajstić information content (AvgIpc) is 2.99. The summed E-state index contributed by atoms with van der Waals surface area (Å²) in [7, 11) is 1.36. The second kappa shape index (κ2) is 6.37. The molecule has 1 saturated heterocycles. The molecule has 2 heterocycles. The Morgan fingerprint density at radius 2 is 2.09 bits per heavy atom. The Morgan fingerprint density at radius 3 is 2.74 bits per heavy atom. The molecule has 2 atom stereocenters. The molecule has 0 radical (unpaired) electrons. The van der Waals surface area contributed by atoms with Crippen molar-refractivity contribution in [1.29, 1.82) is 0 Å². The molecule has 2 N–H and O–H groups in total. The molecule has 7 nitrogen and oxygen atoms in total. The molecule has 122 valence electrons. The summed E-state index contributed by atoms with van der Waals surface area (Å²) >= 11 is 0. The standard InChI is InChI=1S/C16H19N3O4/c1-23-15(21)13-8-11-4-2-3-5-12(11)9-18(13)10-14(20)19-7-6-17-16(19)22/h2-5,13H,6-10H2,1H3,(H,17,22)/p+1/t13-/m1/s1. The van der Waals surface area contributed by atoms with Gasteiger partial charge in [-0.2, -0.15) is 0 Å². The van der Waals surface area contributed by atoms with Gasteiger partial charge in [0.15, 0.2) is 12.6 Å². The highest BCUT2D eigenvalue weighted by Crippen LogP contribution is 2.14. The lowest BCUT2D eigenvalue weighted by molar-refractivity contribution is -0.925. The van der Waals surface area contributed by atoms with E-state index < -0.39 is 6.04 Å². The van der Waals surface area contributed by atoms with Crippen molar-refractivity contribution in [3.63, 3.8) is 0 Å². The molecule has 0 aliphatic carbocycles. The summed E-state index contributed by atoms with van der Waals surface area (Å²) in [5.74, 6) is -0.587. The van der Waals surface area contributed by atoms with Crippen molar-refractivity contribution in [1.82, 2.24) is 10.2 Å². The number of imide groups is 1. The van der Waals surface area contributed by atoms with E-state index in [9.17, 15) is 14.4 Å². The normalized spacial score (nSPS) is 23.2. The van der Waals surface area contributed by atoms with E-state index in [0.717, 1.165) is 16.0 Å². The molecule has 1 unspecified atom stereocenters. The van der Waals surface area contributed by atoms with Crippen LogP contribution in [0.25, 0.3) is 0 Å². The molecule has 3 rings (SSSR count). The number of carbonyl (C=O) groups excluding carboxylic acids is 3. The van der Waals surface area contributed by atoms with Crippen LogP contribution in [0.1, 0.15) is 11.1 Å². The van der Waals surface area contributed by atoms with Crippen LogP contribution in [-0.2, 0) is 27.3 Å². The summed E-state index contributed by atoms with van der Waals surface area (Å²) in [6.07, 6.45) is 0.539. The highest BCUT2D eigenvalue weighted by molar-refractivity contribution is 5.96. The van der Waals surface area contributed by atoms with Crippen molar-refractivity contribution < 1.29 is 24.0 Å². The van der Waals surface area contributed by atoms with E-state index in [4.69, 9.17) is 4.74 Å². The van der Waals surface area contributed by atoms with Gasteiger partial charge in [-0.1, -0.05) is 24.3 Å². The summed E-state index contributed by atoms with van der Waals surface area (Å²) in [5.41, 5.74) is 2.24. The molecule has 3 amide bonds. The number of nitrogens with one attached hydrogen (secondary N) is 2. The Kier molecular flexibility index (Phi) is 4.29. The zero-order valence-electron chi connectivity index (χ0n) is 13.0. The Labute approximate surface area is 134 Å². The van der Waals surface area contributed by atoms with Gasteiger partial charge in [-0.15, -0.1) is 0 Å². The van der Waals surface area contributed by atoms with Crippen LogP contribution in [0.2, 0.25) is 0 Å². The molecule has 0 saturated carbocycles. The van der Waals surface area contributed by atoms with Crippen molar-refractivity contribution in [2.45, 2.75) is 19.0 Å². The molecular formula is C16H20N3O4+. The van der Waals surface area contributed by atoms with Gasteiger partial charge in [0, 0.05) is 25.1 Å². The van der Waals surface area contributed by atoms with Crippen LogP contribution in [0, 0.1) is 0 Å². The van der Waals surface area contributed by atoms with Gasteiger partial charge in [0.1, 0.15) is 6.54 Å². The molecule has 1 aromatic rings. The minimum Gasteiger partial charge on any atom is -0.465 e. The summed E-state index contributed by atoms with van der Waals surface area (Å²) < 4.78 is 4.90. The van der Waals surface area contributed by atoms with Crippen molar-refractivity contribution in [2.75, 3.05) is 26.7 Å². The highest BCUT2D eigenvalue weighted by atomic mass is 16.5. The number of amides is 3. The first-order valence-electron chi connectivity index (χ1n) is 7.67. The quantitative estimate of drug-likeness (QED) is 0.681. The maximum absolute atomic E-state index is 12.4. The fourth-order valence-corrected chi connectivity index (χ4v) is 3.24. The number of nitrogens with zero attached hydrogens (tertiary/aromatic N) is 1. The molecule has 0 spiro atoms. The monoisotopic (exact) mass is 318 g/mol. The van der Waals surface area contributed by atoms with E-state index in [-0.39, 0.29) is 24.5 Å². The van der Waals surface area contributed by atoms with Crippen LogP contribution in [0.15, 0.2) is 24.3 Å². The van der Waals surface area contributed by atoms with Crippen molar-refractivity contribution in [3.05, 3.63) is 35.4 Å². The van der Waals surface area contributed by atoms with E-state index in [1.165, 1.54) is 12.0 Å². The number of esters is 1. The fraction of sp³-hybridized carbons (Fsp3) is 0.438. The summed E-state index contributed by atoms with van der Waals surface area (Å²) in [6.45, 7) is 1.52. The summed E-state index contributed by atoms with van der Waals surface area (Å²) in [5, 5.41) is 2.61. The lowest BCUT2D eigenvalue weighted by Crippen LogP contribution is -3.17. The van der Waals surface area contributed by atoms with Crippen LogP contribution in [0.5, 0.6) is 0 Å². The van der Waals surface area contributed by atoms with Gasteiger partial charge >= 0.3 is 12.0 Å². The zero-order chi connectivity index (χ0) is 16.4. The second-order valence-corrected chi connectivity index (χ2v) is 5.84. The SMILES string of the molecule is COC(=O)[C@H]1Cc2ccccc2C[NH+]1CC(=O)N1CCNC1=O. The minimum absolute atomic E-state index is 0.0987. The Balaban J connectivity index is 1.79. The van der Waals surface area contributed by atoms with E-state index in [1.807, 2.05) is 24.3 Å². The smallest absolute Gasteiger partial charge is 0.365 e. The van der Waals surface area contributed by atoms with Crippen molar-refractivity contribution in [2.24, 2.45) is 0 Å². The predicted molar refractivity (Wildman–Crippen MR) is 80.6 cm³/mol. The maximum Gasteiger partial charge on any atom is 0.365 e. The number of benzene rings is 1. The first-order chi connectivity index (χ1) is 11.1. The number of hydrogen-bond acceptors (Lipinski definition) is 4. The molecule has 23 heavy (non-hydrogen) atoms. The number of carbonyl (C=O) groups is 3. The Bertz CT molecular complexity index is 646. The van der Waals surface area contributed by atoms with Gasteiger partial charge in [-0.3, -0.25) is 9.69 Å². The number of ether oxygens (including phenoxy) is 1. The van der Waals surface area contributed by atoms with E-state index in [2.05, 4.69) is 5.32 Å². The number of hydrogen-bond donors (Lipinski definition) is 2. The van der Waals surface area contributed by atoms with Crippen LogP contribution in [0.3, 0.4) is 0 Å². The molecule has 1 fully saturated rings. The summed E-state index contributed by atoms with van der Waals surface area (Å²) in [6, 6.07) is 7.11. The van der Waals surface area contributed by atoms with Gasteiger partial charge in [0.2, 0.25) is 0 Å². The van der Waals surface area contributed by atoms with Gasteiger partial charge < -0.3 is 15.0 Å². The summed E-state index contributed by atoms with van der Waals surface area (Å²) in [4.78, 5) is 38.1. The van der Waals surface area contributed by atoms with Gasteiger partial charge in [-0.05, 0) is 5.56 Å². The lowest BCUT2D eigenvalue weighted by atomic mass is 9.94. The molecule has 2 aliphatic rings. The molecule has 0 aromatic heterocycles. The largest absolute Gasteiger partial charge is 0.465 e. The molecule has 2 aliphatic heterocycles. The highest BCUT2D eigenvalue weighted by Gasteiger charge is 2.39. The second-order valence-electron chi connectivity index (χ2n) is 5.84. The lowest BCUT2D eigenvalue weighted by Gasteiger charge is -2.32. The van der Waals surface area contributed by atoms with Crippen molar-refractivity contribution >= 4 is 17.9 Å². The number of fused-ring (bicyclic) bond motifs is 1. The first-order valence-corrected chi connectivity index (χ1v) is 7.67. The van der Waals surface area contributed by atoms with E-state index in [0.29, 0.717) is 26.1 Å².